The number of benzene rings is 2. The van der Waals surface area contributed by atoms with E-state index in [1.807, 2.05) is 36.0 Å². The Morgan fingerprint density at radius 1 is 1.27 bits per heavy atom. The van der Waals surface area contributed by atoms with Gasteiger partial charge < -0.3 is 9.84 Å². The van der Waals surface area contributed by atoms with Gasteiger partial charge in [0.05, 0.1) is 12.5 Å². The number of halogens is 1. The first kappa shape index (κ1) is 24.0. The van der Waals surface area contributed by atoms with Gasteiger partial charge in [0, 0.05) is 34.6 Å². The third kappa shape index (κ3) is 7.16. The van der Waals surface area contributed by atoms with E-state index in [0.29, 0.717) is 24.8 Å². The van der Waals surface area contributed by atoms with Crippen molar-refractivity contribution in [3.05, 3.63) is 70.0 Å². The van der Waals surface area contributed by atoms with Crippen LogP contribution in [0.25, 0.3) is 11.4 Å². The average molecular weight is 530 g/mol. The molecule has 8 heteroatoms. The number of rotatable bonds is 9. The van der Waals surface area contributed by atoms with E-state index in [-0.39, 0.29) is 11.8 Å². The Morgan fingerprint density at radius 3 is 2.94 bits per heavy atom. The molecule has 0 spiro atoms. The van der Waals surface area contributed by atoms with Gasteiger partial charge in [-0.15, -0.1) is 0 Å². The third-order valence-electron chi connectivity index (χ3n) is 5.72. The number of nitrogens with one attached hydrogen (secondary N) is 1. The van der Waals surface area contributed by atoms with Crippen molar-refractivity contribution in [1.29, 1.82) is 0 Å². The topological polar surface area (TPSA) is 71.3 Å². The summed E-state index contributed by atoms with van der Waals surface area (Å²) in [6, 6.07) is 16.5. The molecule has 1 amide bonds. The van der Waals surface area contributed by atoms with Gasteiger partial charge in [0.25, 0.3) is 0 Å². The number of carbonyl (C=O) groups is 1. The fraction of sp³-hybridized carbons (Fsp3) is 0.400. The van der Waals surface area contributed by atoms with Crippen molar-refractivity contribution in [3.8, 4) is 11.4 Å². The van der Waals surface area contributed by atoms with Crippen LogP contribution in [0.1, 0.15) is 29.9 Å². The van der Waals surface area contributed by atoms with Crippen LogP contribution in [0.5, 0.6) is 0 Å². The van der Waals surface area contributed by atoms with Crippen molar-refractivity contribution < 1.29 is 9.32 Å². The first-order valence-corrected chi connectivity index (χ1v) is 13.2. The van der Waals surface area contributed by atoms with Crippen molar-refractivity contribution in [2.24, 2.45) is 5.92 Å². The number of carbonyl (C=O) groups excluding carboxylic acids is 1. The van der Waals surface area contributed by atoms with E-state index in [0.717, 1.165) is 47.5 Å². The highest BCUT2D eigenvalue weighted by atomic mass is 79.9. The Kier molecular flexibility index (Phi) is 8.58. The maximum atomic E-state index is 12.7. The van der Waals surface area contributed by atoms with E-state index in [1.54, 1.807) is 0 Å². The number of amides is 1. The van der Waals surface area contributed by atoms with Crippen LogP contribution in [0.4, 0.5) is 0 Å². The molecule has 1 fully saturated rings. The summed E-state index contributed by atoms with van der Waals surface area (Å²) < 4.78 is 6.45. The summed E-state index contributed by atoms with van der Waals surface area (Å²) in [5, 5.41) is 7.24. The fourth-order valence-electron chi connectivity index (χ4n) is 3.93. The highest BCUT2D eigenvalue weighted by molar-refractivity contribution is 9.10. The largest absolute Gasteiger partial charge is 0.355 e. The molecule has 2 aromatic carbocycles. The molecule has 4 rings (SSSR count). The third-order valence-corrected chi connectivity index (χ3v) is 7.24. The van der Waals surface area contributed by atoms with Crippen LogP contribution in [0.15, 0.2) is 57.5 Å². The lowest BCUT2D eigenvalue weighted by Gasteiger charge is -2.30. The molecule has 33 heavy (non-hydrogen) atoms. The van der Waals surface area contributed by atoms with Crippen LogP contribution >= 0.6 is 27.7 Å². The molecule has 0 radical (unpaired) electrons. The van der Waals surface area contributed by atoms with Gasteiger partial charge in [0.1, 0.15) is 0 Å². The quantitative estimate of drug-likeness (QED) is 0.391. The Morgan fingerprint density at radius 2 is 2.12 bits per heavy atom. The normalized spacial score (nSPS) is 16.6. The van der Waals surface area contributed by atoms with Crippen molar-refractivity contribution >= 4 is 33.6 Å². The first-order chi connectivity index (χ1) is 16.1. The fourth-order valence-corrected chi connectivity index (χ4v) is 5.15. The van der Waals surface area contributed by atoms with E-state index in [9.17, 15) is 4.79 Å². The monoisotopic (exact) mass is 528 g/mol. The van der Waals surface area contributed by atoms with E-state index >= 15 is 0 Å². The second-order valence-electron chi connectivity index (χ2n) is 8.43. The number of piperidine rings is 1. The zero-order valence-corrected chi connectivity index (χ0v) is 21.2. The lowest BCUT2D eigenvalue weighted by atomic mass is 9.97. The first-order valence-electron chi connectivity index (χ1n) is 11.3. The standard InChI is InChI=1S/C25H29BrN4O2S/c1-18-7-9-19(10-8-18)17-33-13-11-27-25(31)21-5-3-12-30(15-21)16-23-28-24(29-32-23)20-4-2-6-22(26)14-20/h2,4,6-10,14,21H,3,5,11-13,15-17H2,1H3,(H,27,31). The molecule has 1 aromatic heterocycles. The smallest absolute Gasteiger partial charge is 0.241 e. The summed E-state index contributed by atoms with van der Waals surface area (Å²) in [5.41, 5.74) is 3.51. The molecule has 1 atom stereocenters. The predicted octanol–water partition coefficient (Wildman–Crippen LogP) is 5.07. The van der Waals surface area contributed by atoms with Crippen LogP contribution in [-0.4, -0.2) is 46.3 Å². The number of thioether (sulfide) groups is 1. The number of hydrogen-bond donors (Lipinski definition) is 1. The predicted molar refractivity (Wildman–Crippen MR) is 136 cm³/mol. The Labute approximate surface area is 207 Å². The highest BCUT2D eigenvalue weighted by Crippen LogP contribution is 2.22. The van der Waals surface area contributed by atoms with Gasteiger partial charge in [0.2, 0.25) is 17.6 Å². The van der Waals surface area contributed by atoms with Gasteiger partial charge in [0.15, 0.2) is 0 Å². The highest BCUT2D eigenvalue weighted by Gasteiger charge is 2.26. The van der Waals surface area contributed by atoms with Gasteiger partial charge in [-0.25, -0.2) is 0 Å². The summed E-state index contributed by atoms with van der Waals surface area (Å²) in [7, 11) is 0. The Hall–Kier alpha value is -2.16. The lowest BCUT2D eigenvalue weighted by molar-refractivity contribution is -0.126. The number of aromatic nitrogens is 2. The summed E-state index contributed by atoms with van der Waals surface area (Å²) in [6.45, 7) is 5.02. The van der Waals surface area contributed by atoms with Crippen molar-refractivity contribution in [1.82, 2.24) is 20.4 Å². The van der Waals surface area contributed by atoms with Crippen LogP contribution in [0.3, 0.4) is 0 Å². The average Bonchev–Trinajstić information content (AvgIpc) is 3.28. The van der Waals surface area contributed by atoms with Crippen LogP contribution in [-0.2, 0) is 17.1 Å². The van der Waals surface area contributed by atoms with Crippen molar-refractivity contribution in [3.63, 3.8) is 0 Å². The van der Waals surface area contributed by atoms with Crippen LogP contribution in [0.2, 0.25) is 0 Å². The minimum absolute atomic E-state index is 0.00770. The lowest BCUT2D eigenvalue weighted by Crippen LogP contribution is -2.43. The molecular formula is C25H29BrN4O2S. The minimum Gasteiger partial charge on any atom is -0.355 e. The Bertz CT molecular complexity index is 1060. The van der Waals surface area contributed by atoms with E-state index in [2.05, 4.69) is 67.5 Å². The minimum atomic E-state index is 0.00770. The molecular weight excluding hydrogens is 500 g/mol. The molecule has 1 aliphatic rings. The van der Waals surface area contributed by atoms with Crippen molar-refractivity contribution in [2.75, 3.05) is 25.4 Å². The SMILES string of the molecule is Cc1ccc(CSCCNC(=O)C2CCCN(Cc3nc(-c4cccc(Br)c4)no3)C2)cc1. The molecule has 2 heterocycles. The molecule has 1 aliphatic heterocycles. The molecule has 1 saturated heterocycles. The van der Waals surface area contributed by atoms with Gasteiger partial charge in [-0.1, -0.05) is 63.0 Å². The molecule has 0 aliphatic carbocycles. The van der Waals surface area contributed by atoms with Crippen molar-refractivity contribution in [2.45, 2.75) is 32.1 Å². The zero-order valence-electron chi connectivity index (χ0n) is 18.8. The molecule has 174 valence electrons. The molecule has 1 unspecified atom stereocenters. The van der Waals surface area contributed by atoms with Crippen LogP contribution < -0.4 is 5.32 Å². The molecule has 3 aromatic rings. The summed E-state index contributed by atoms with van der Waals surface area (Å²) in [5.74, 6) is 3.21. The Balaban J connectivity index is 1.19. The van der Waals surface area contributed by atoms with Gasteiger partial charge >= 0.3 is 0 Å². The van der Waals surface area contributed by atoms with Gasteiger partial charge in [-0.05, 0) is 44.0 Å². The molecule has 0 saturated carbocycles. The number of likely N-dealkylation sites (tertiary alicyclic amines) is 1. The van der Waals surface area contributed by atoms with E-state index in [4.69, 9.17) is 4.52 Å². The van der Waals surface area contributed by atoms with Gasteiger partial charge in [-0.3, -0.25) is 9.69 Å². The van der Waals surface area contributed by atoms with E-state index in [1.165, 1.54) is 11.1 Å². The number of hydrogen-bond acceptors (Lipinski definition) is 6. The van der Waals surface area contributed by atoms with Gasteiger partial charge in [-0.2, -0.15) is 16.7 Å². The van der Waals surface area contributed by atoms with E-state index < -0.39 is 0 Å². The maximum Gasteiger partial charge on any atom is 0.241 e. The summed E-state index contributed by atoms with van der Waals surface area (Å²) >= 11 is 5.32. The molecule has 1 N–H and O–H groups in total. The second kappa shape index (κ2) is 11.8. The van der Waals surface area contributed by atoms with Crippen LogP contribution in [0, 0.1) is 12.8 Å². The number of aryl methyl sites for hydroxylation is 1. The second-order valence-corrected chi connectivity index (χ2v) is 10.4. The molecule has 6 nitrogen and oxygen atoms in total. The summed E-state index contributed by atoms with van der Waals surface area (Å²) in [6.07, 6.45) is 1.92. The summed E-state index contributed by atoms with van der Waals surface area (Å²) in [4.78, 5) is 19.5. The number of nitrogens with zero attached hydrogens (tertiary/aromatic N) is 3. The maximum absolute atomic E-state index is 12.7. The zero-order chi connectivity index (χ0) is 23.0. The molecule has 0 bridgehead atoms.